The number of carbonyl (C=O) groups excluding carboxylic acids is 1. The fourth-order valence-electron chi connectivity index (χ4n) is 2.20. The Balaban J connectivity index is 1.96. The first kappa shape index (κ1) is 15.4. The van der Waals surface area contributed by atoms with E-state index < -0.39 is 10.9 Å². The summed E-state index contributed by atoms with van der Waals surface area (Å²) in [7, 11) is 1.56. The highest BCUT2D eigenvalue weighted by atomic mass is 16.6. The van der Waals surface area contributed by atoms with Crippen molar-refractivity contribution in [2.45, 2.75) is 0 Å². The third-order valence-electron chi connectivity index (χ3n) is 3.37. The zero-order valence-electron chi connectivity index (χ0n) is 12.6. The van der Waals surface area contributed by atoms with Crippen LogP contribution >= 0.6 is 0 Å². The van der Waals surface area contributed by atoms with Gasteiger partial charge in [0.15, 0.2) is 5.70 Å². The highest BCUT2D eigenvalue weighted by Crippen LogP contribution is 2.25. The van der Waals surface area contributed by atoms with Crippen LogP contribution in [0.3, 0.4) is 0 Å². The molecule has 0 aliphatic carbocycles. The Morgan fingerprint density at radius 2 is 1.88 bits per heavy atom. The fraction of sp³-hybridized carbons (Fsp3) is 0.0588. The smallest absolute Gasteiger partial charge is 0.363 e. The van der Waals surface area contributed by atoms with Crippen molar-refractivity contribution in [3.63, 3.8) is 0 Å². The van der Waals surface area contributed by atoms with E-state index in [0.717, 1.165) is 5.56 Å². The lowest BCUT2D eigenvalue weighted by Gasteiger charge is -2.00. The third kappa shape index (κ3) is 3.00. The standard InChI is InChI=1S/C17H12N2O5/c1-23-12-8-6-11(7-9-12)10-14-17(20)24-16(18-14)13-4-2-3-5-15(13)19(21)22/h2-10H,1H3/b14-10+. The van der Waals surface area contributed by atoms with Gasteiger partial charge in [0.2, 0.25) is 5.90 Å². The lowest BCUT2D eigenvalue weighted by molar-refractivity contribution is -0.385. The highest BCUT2D eigenvalue weighted by Gasteiger charge is 2.28. The molecule has 0 radical (unpaired) electrons. The molecule has 0 N–H and O–H groups in total. The van der Waals surface area contributed by atoms with E-state index in [9.17, 15) is 14.9 Å². The number of nitro groups is 1. The summed E-state index contributed by atoms with van der Waals surface area (Å²) in [6, 6.07) is 13.0. The normalized spacial score (nSPS) is 15.1. The van der Waals surface area contributed by atoms with E-state index in [1.807, 2.05) is 0 Å². The number of hydrogen-bond acceptors (Lipinski definition) is 6. The Hall–Kier alpha value is -3.48. The van der Waals surface area contributed by atoms with E-state index in [2.05, 4.69) is 4.99 Å². The predicted octanol–water partition coefficient (Wildman–Crippen LogP) is 2.95. The first-order valence-corrected chi connectivity index (χ1v) is 6.99. The lowest BCUT2D eigenvalue weighted by atomic mass is 10.2. The maximum absolute atomic E-state index is 12.0. The second-order valence-electron chi connectivity index (χ2n) is 4.88. The average Bonchev–Trinajstić information content (AvgIpc) is 2.96. The van der Waals surface area contributed by atoms with Gasteiger partial charge in [0.05, 0.1) is 12.0 Å². The summed E-state index contributed by atoms with van der Waals surface area (Å²) in [6.45, 7) is 0. The van der Waals surface area contributed by atoms with Gasteiger partial charge in [-0.15, -0.1) is 0 Å². The molecule has 120 valence electrons. The number of ether oxygens (including phenoxy) is 2. The van der Waals surface area contributed by atoms with Crippen molar-refractivity contribution in [3.05, 3.63) is 75.5 Å². The number of cyclic esters (lactones) is 1. The van der Waals surface area contributed by atoms with Crippen LogP contribution in [0.15, 0.2) is 59.2 Å². The molecule has 0 fully saturated rings. The molecule has 0 aromatic heterocycles. The van der Waals surface area contributed by atoms with Crippen LogP contribution in [0.2, 0.25) is 0 Å². The monoisotopic (exact) mass is 324 g/mol. The van der Waals surface area contributed by atoms with Crippen molar-refractivity contribution >= 4 is 23.6 Å². The first-order valence-electron chi connectivity index (χ1n) is 6.99. The van der Waals surface area contributed by atoms with Crippen LogP contribution in [0.1, 0.15) is 11.1 Å². The molecule has 0 saturated carbocycles. The van der Waals surface area contributed by atoms with Crippen LogP contribution in [0, 0.1) is 10.1 Å². The molecular formula is C17H12N2O5. The molecule has 24 heavy (non-hydrogen) atoms. The van der Waals surface area contributed by atoms with Gasteiger partial charge < -0.3 is 9.47 Å². The zero-order chi connectivity index (χ0) is 17.1. The first-order chi connectivity index (χ1) is 11.6. The second-order valence-corrected chi connectivity index (χ2v) is 4.88. The van der Waals surface area contributed by atoms with Crippen molar-refractivity contribution in [1.29, 1.82) is 0 Å². The minimum atomic E-state index is -0.654. The molecule has 0 amide bonds. The molecule has 0 atom stereocenters. The van der Waals surface area contributed by atoms with E-state index in [0.29, 0.717) is 5.75 Å². The van der Waals surface area contributed by atoms with Gasteiger partial charge in [0.25, 0.3) is 5.69 Å². The number of methoxy groups -OCH3 is 1. The number of nitro benzene ring substituents is 1. The summed E-state index contributed by atoms with van der Waals surface area (Å²) in [5.74, 6) is -0.0405. The fourth-order valence-corrected chi connectivity index (χ4v) is 2.20. The molecule has 1 heterocycles. The van der Waals surface area contributed by atoms with E-state index in [1.165, 1.54) is 18.2 Å². The molecule has 7 heteroatoms. The van der Waals surface area contributed by atoms with Crippen molar-refractivity contribution in [3.8, 4) is 5.75 Å². The van der Waals surface area contributed by atoms with Gasteiger partial charge in [-0.3, -0.25) is 10.1 Å². The SMILES string of the molecule is COc1ccc(/C=C2/N=C(c3ccccc3[N+](=O)[O-])OC2=O)cc1. The van der Waals surface area contributed by atoms with Crippen molar-refractivity contribution in [1.82, 2.24) is 0 Å². The molecule has 7 nitrogen and oxygen atoms in total. The molecule has 0 spiro atoms. The highest BCUT2D eigenvalue weighted by molar-refractivity contribution is 6.14. The van der Waals surface area contributed by atoms with Gasteiger partial charge in [0, 0.05) is 6.07 Å². The number of nitrogens with zero attached hydrogens (tertiary/aromatic N) is 2. The average molecular weight is 324 g/mol. The van der Waals surface area contributed by atoms with E-state index in [1.54, 1.807) is 43.5 Å². The molecule has 1 aliphatic rings. The van der Waals surface area contributed by atoms with Crippen molar-refractivity contribution in [2.24, 2.45) is 4.99 Å². The van der Waals surface area contributed by atoms with Crippen LogP contribution in [-0.2, 0) is 9.53 Å². The topological polar surface area (TPSA) is 91.0 Å². The summed E-state index contributed by atoms with van der Waals surface area (Å²) < 4.78 is 10.1. The van der Waals surface area contributed by atoms with Crippen LogP contribution in [0.4, 0.5) is 5.69 Å². The molecule has 0 saturated heterocycles. The Morgan fingerprint density at radius 3 is 2.54 bits per heavy atom. The van der Waals surface area contributed by atoms with Gasteiger partial charge >= 0.3 is 5.97 Å². The number of esters is 1. The van der Waals surface area contributed by atoms with Crippen molar-refractivity contribution < 1.29 is 19.2 Å². The minimum absolute atomic E-state index is 0.0768. The maximum atomic E-state index is 12.0. The number of para-hydroxylation sites is 1. The quantitative estimate of drug-likeness (QED) is 0.373. The Bertz CT molecular complexity index is 869. The second kappa shape index (κ2) is 6.33. The summed E-state index contributed by atoms with van der Waals surface area (Å²) >= 11 is 0. The lowest BCUT2D eigenvalue weighted by Crippen LogP contribution is -2.07. The molecule has 3 rings (SSSR count). The van der Waals surface area contributed by atoms with Crippen molar-refractivity contribution in [2.75, 3.05) is 7.11 Å². The van der Waals surface area contributed by atoms with E-state index >= 15 is 0 Å². The van der Waals surface area contributed by atoms with Gasteiger partial charge in [-0.1, -0.05) is 24.3 Å². The van der Waals surface area contributed by atoms with Crippen LogP contribution in [0.5, 0.6) is 5.75 Å². The van der Waals surface area contributed by atoms with E-state index in [4.69, 9.17) is 9.47 Å². The number of aliphatic imine (C=N–C) groups is 1. The molecular weight excluding hydrogens is 312 g/mol. The molecule has 0 unspecified atom stereocenters. The molecule has 0 bridgehead atoms. The molecule has 1 aliphatic heterocycles. The van der Waals surface area contributed by atoms with Gasteiger partial charge in [-0.2, -0.15) is 0 Å². The number of carbonyl (C=O) groups is 1. The molecule has 2 aromatic rings. The number of rotatable bonds is 4. The predicted molar refractivity (Wildman–Crippen MR) is 86.7 cm³/mol. The van der Waals surface area contributed by atoms with E-state index in [-0.39, 0.29) is 22.8 Å². The summed E-state index contributed by atoms with van der Waals surface area (Å²) in [5.41, 5.74) is 0.798. The van der Waals surface area contributed by atoms with Gasteiger partial charge in [-0.25, -0.2) is 9.79 Å². The Kier molecular flexibility index (Phi) is 4.07. The van der Waals surface area contributed by atoms with Crippen LogP contribution in [-0.4, -0.2) is 23.9 Å². The minimum Gasteiger partial charge on any atom is -0.497 e. The third-order valence-corrected chi connectivity index (χ3v) is 3.37. The summed E-state index contributed by atoms with van der Waals surface area (Å²) in [5, 5.41) is 11.1. The molecule has 2 aromatic carbocycles. The Labute approximate surface area is 137 Å². The summed E-state index contributed by atoms with van der Waals surface area (Å²) in [4.78, 5) is 26.6. The maximum Gasteiger partial charge on any atom is 0.363 e. The number of benzene rings is 2. The largest absolute Gasteiger partial charge is 0.497 e. The van der Waals surface area contributed by atoms with Crippen LogP contribution < -0.4 is 4.74 Å². The van der Waals surface area contributed by atoms with Gasteiger partial charge in [-0.05, 0) is 29.8 Å². The zero-order valence-corrected chi connectivity index (χ0v) is 12.6. The number of hydrogen-bond donors (Lipinski definition) is 0. The van der Waals surface area contributed by atoms with Crippen LogP contribution in [0.25, 0.3) is 6.08 Å². The van der Waals surface area contributed by atoms with Gasteiger partial charge in [0.1, 0.15) is 11.3 Å². The summed E-state index contributed by atoms with van der Waals surface area (Å²) in [6.07, 6.45) is 1.55. The Morgan fingerprint density at radius 1 is 1.17 bits per heavy atom.